The monoisotopic (exact) mass is 567 g/mol. The fourth-order valence-corrected chi connectivity index (χ4v) is 5.77. The van der Waals surface area contributed by atoms with Crippen molar-refractivity contribution in [2.45, 2.75) is 45.3 Å². The predicted molar refractivity (Wildman–Crippen MR) is 143 cm³/mol. The van der Waals surface area contributed by atoms with E-state index in [-0.39, 0.29) is 35.4 Å². The number of anilines is 2. The molecule has 41 heavy (non-hydrogen) atoms. The average molecular weight is 568 g/mol. The van der Waals surface area contributed by atoms with Gasteiger partial charge in [0.2, 0.25) is 11.9 Å². The van der Waals surface area contributed by atoms with E-state index in [4.69, 9.17) is 4.74 Å². The number of carbonyl (C=O) groups is 2. The van der Waals surface area contributed by atoms with Crippen LogP contribution in [-0.2, 0) is 29.2 Å². The van der Waals surface area contributed by atoms with Gasteiger partial charge in [-0.05, 0) is 38.0 Å². The Bertz CT molecular complexity index is 1660. The Kier molecular flexibility index (Phi) is 6.27. The Hall–Kier alpha value is -4.42. The molecule has 1 saturated heterocycles. The number of alkyl halides is 3. The molecule has 1 aliphatic carbocycles. The molecular formula is C28H28F3N7O3. The van der Waals surface area contributed by atoms with E-state index in [1.807, 2.05) is 0 Å². The van der Waals surface area contributed by atoms with Gasteiger partial charge in [-0.1, -0.05) is 0 Å². The van der Waals surface area contributed by atoms with Crippen molar-refractivity contribution in [3.8, 4) is 11.5 Å². The van der Waals surface area contributed by atoms with Crippen LogP contribution in [0, 0.1) is 5.41 Å². The molecule has 1 saturated carbocycles. The van der Waals surface area contributed by atoms with Gasteiger partial charge in [-0.15, -0.1) is 0 Å². The molecule has 1 spiro atoms. The number of Topliss-reactive ketones (excluding diaryl/α,β-unsaturated/α-hetero) is 1. The summed E-state index contributed by atoms with van der Waals surface area (Å²) in [5.74, 6) is 1.39. The van der Waals surface area contributed by atoms with Gasteiger partial charge in [-0.2, -0.15) is 18.3 Å². The number of hydrogen-bond acceptors (Lipinski definition) is 7. The van der Waals surface area contributed by atoms with Gasteiger partial charge < -0.3 is 19.5 Å². The maximum atomic E-state index is 13.9. The van der Waals surface area contributed by atoms with Crippen LogP contribution in [0.2, 0.25) is 0 Å². The lowest BCUT2D eigenvalue weighted by atomic mass is 9.60. The van der Waals surface area contributed by atoms with Crippen molar-refractivity contribution in [3.63, 3.8) is 0 Å². The van der Waals surface area contributed by atoms with E-state index in [1.165, 1.54) is 13.8 Å². The Morgan fingerprint density at radius 2 is 1.83 bits per heavy atom. The Morgan fingerprint density at radius 3 is 2.51 bits per heavy atom. The number of pyridine rings is 1. The zero-order chi connectivity index (χ0) is 29.1. The van der Waals surface area contributed by atoms with Crippen molar-refractivity contribution >= 4 is 34.5 Å². The van der Waals surface area contributed by atoms with Crippen LogP contribution >= 0.6 is 0 Å². The van der Waals surface area contributed by atoms with E-state index in [0.29, 0.717) is 60.1 Å². The molecule has 1 aromatic carbocycles. The highest BCUT2D eigenvalue weighted by molar-refractivity contribution is 5.81. The highest BCUT2D eigenvalue weighted by Crippen LogP contribution is 2.55. The van der Waals surface area contributed by atoms with Crippen molar-refractivity contribution in [1.82, 2.24) is 29.2 Å². The molecule has 1 aliphatic heterocycles. The van der Waals surface area contributed by atoms with Gasteiger partial charge in [-0.25, -0.2) is 4.98 Å². The third-order valence-corrected chi connectivity index (χ3v) is 7.75. The molecule has 13 heteroatoms. The quantitative estimate of drug-likeness (QED) is 0.334. The van der Waals surface area contributed by atoms with E-state index in [9.17, 15) is 22.8 Å². The van der Waals surface area contributed by atoms with Crippen LogP contribution in [-0.4, -0.2) is 54.0 Å². The van der Waals surface area contributed by atoms with Gasteiger partial charge in [0.15, 0.2) is 5.82 Å². The fraction of sp³-hybridized carbons (Fsp3) is 0.393. The van der Waals surface area contributed by atoms with E-state index >= 15 is 0 Å². The number of imidazole rings is 1. The molecule has 2 aliphatic rings. The first-order valence-electron chi connectivity index (χ1n) is 13.2. The molecule has 4 heterocycles. The minimum absolute atomic E-state index is 0.00542. The number of aromatic nitrogens is 5. The number of rotatable bonds is 7. The molecule has 214 valence electrons. The molecule has 10 nitrogen and oxygen atoms in total. The van der Waals surface area contributed by atoms with Crippen LogP contribution < -0.4 is 10.1 Å². The summed E-state index contributed by atoms with van der Waals surface area (Å²) in [4.78, 5) is 33.4. The molecule has 0 bridgehead atoms. The summed E-state index contributed by atoms with van der Waals surface area (Å²) in [5, 5.41) is 7.23. The standard InChI is InChI=1S/C28H28F3N7O3/c1-16(39)8-18-9-21(6-7-32-18)41-20-4-5-22-23(10-20)36(3)26(33-22)34-25-11-24(28(29,30)31)38(35-25)19-12-27(13-19)14-37(15-27)17(2)40/h4-7,9-11,19H,8,12-15H2,1-3H3,(H,33,34,35). The van der Waals surface area contributed by atoms with Crippen LogP contribution in [0.1, 0.15) is 44.1 Å². The minimum atomic E-state index is -4.57. The van der Waals surface area contributed by atoms with Crippen LogP contribution in [0.3, 0.4) is 0 Å². The molecule has 0 unspecified atom stereocenters. The predicted octanol–water partition coefficient (Wildman–Crippen LogP) is 5.03. The SMILES string of the molecule is CC(=O)Cc1cc(Oc2ccc3nc(Nc4cc(C(F)(F)F)n(C5CC6(C5)CN(C(C)=O)C6)n4)n(C)c3c2)ccn1. The molecule has 1 amide bonds. The number of aryl methyl sites for hydroxylation is 1. The van der Waals surface area contributed by atoms with E-state index in [2.05, 4.69) is 20.4 Å². The zero-order valence-corrected chi connectivity index (χ0v) is 22.7. The van der Waals surface area contributed by atoms with Crippen molar-refractivity contribution < 1.29 is 27.5 Å². The second-order valence-corrected chi connectivity index (χ2v) is 11.0. The maximum absolute atomic E-state index is 13.9. The lowest BCUT2D eigenvalue weighted by Crippen LogP contribution is -2.63. The van der Waals surface area contributed by atoms with Gasteiger partial charge in [0.05, 0.1) is 22.8 Å². The first-order valence-corrected chi connectivity index (χ1v) is 13.2. The van der Waals surface area contributed by atoms with Gasteiger partial charge >= 0.3 is 6.18 Å². The highest BCUT2D eigenvalue weighted by atomic mass is 19.4. The Morgan fingerprint density at radius 1 is 1.10 bits per heavy atom. The lowest BCUT2D eigenvalue weighted by Gasteiger charge is -2.58. The molecule has 4 aromatic rings. The number of nitrogens with zero attached hydrogens (tertiary/aromatic N) is 6. The maximum Gasteiger partial charge on any atom is 0.433 e. The second-order valence-electron chi connectivity index (χ2n) is 11.0. The molecule has 3 aromatic heterocycles. The van der Waals surface area contributed by atoms with Crippen molar-refractivity contribution in [2.75, 3.05) is 18.4 Å². The minimum Gasteiger partial charge on any atom is -0.457 e. The second kappa shape index (κ2) is 9.60. The van der Waals surface area contributed by atoms with Crippen molar-refractivity contribution in [1.29, 1.82) is 0 Å². The molecule has 1 N–H and O–H groups in total. The third-order valence-electron chi connectivity index (χ3n) is 7.75. The van der Waals surface area contributed by atoms with Crippen LogP contribution in [0.5, 0.6) is 11.5 Å². The molecular weight excluding hydrogens is 539 g/mol. The van der Waals surface area contributed by atoms with Gasteiger partial charge in [0.1, 0.15) is 23.0 Å². The molecule has 0 radical (unpaired) electrons. The first-order chi connectivity index (χ1) is 19.4. The number of benzene rings is 1. The molecule has 6 rings (SSSR count). The normalized spacial score (nSPS) is 16.5. The van der Waals surface area contributed by atoms with E-state index in [1.54, 1.807) is 53.0 Å². The summed E-state index contributed by atoms with van der Waals surface area (Å²) >= 11 is 0. The number of hydrogen-bond donors (Lipinski definition) is 1. The van der Waals surface area contributed by atoms with Crippen LogP contribution in [0.4, 0.5) is 24.9 Å². The van der Waals surface area contributed by atoms with Crippen molar-refractivity contribution in [3.05, 3.63) is 54.0 Å². The summed E-state index contributed by atoms with van der Waals surface area (Å²) in [5.41, 5.74) is 0.980. The molecule has 0 atom stereocenters. The highest BCUT2D eigenvalue weighted by Gasteiger charge is 2.55. The van der Waals surface area contributed by atoms with Crippen molar-refractivity contribution in [2.24, 2.45) is 12.5 Å². The van der Waals surface area contributed by atoms with Gasteiger partial charge in [0, 0.05) is 63.3 Å². The van der Waals surface area contributed by atoms with E-state index in [0.717, 1.165) is 10.7 Å². The summed E-state index contributed by atoms with van der Waals surface area (Å²) in [7, 11) is 1.74. The number of ketones is 1. The summed E-state index contributed by atoms with van der Waals surface area (Å²) in [6.07, 6.45) is -1.70. The number of nitrogens with one attached hydrogen (secondary N) is 1. The number of halogens is 3. The Labute approximate surface area is 233 Å². The third kappa shape index (κ3) is 5.11. The Balaban J connectivity index is 1.21. The summed E-state index contributed by atoms with van der Waals surface area (Å²) in [6, 6.07) is 9.27. The van der Waals surface area contributed by atoms with Crippen LogP contribution in [0.15, 0.2) is 42.6 Å². The number of fused-ring (bicyclic) bond motifs is 1. The van der Waals surface area contributed by atoms with Gasteiger partial charge in [0.25, 0.3) is 0 Å². The number of amides is 1. The number of carbonyl (C=O) groups excluding carboxylic acids is 2. The fourth-order valence-electron chi connectivity index (χ4n) is 5.77. The first kappa shape index (κ1) is 26.8. The summed E-state index contributed by atoms with van der Waals surface area (Å²) < 4.78 is 50.6. The average Bonchev–Trinajstić information content (AvgIpc) is 3.38. The summed E-state index contributed by atoms with van der Waals surface area (Å²) in [6.45, 7) is 4.16. The molecule has 2 fully saturated rings. The topological polar surface area (TPSA) is 107 Å². The lowest BCUT2D eigenvalue weighted by molar-refractivity contribution is -0.158. The van der Waals surface area contributed by atoms with Crippen LogP contribution in [0.25, 0.3) is 11.0 Å². The smallest absolute Gasteiger partial charge is 0.433 e. The van der Waals surface area contributed by atoms with E-state index < -0.39 is 11.9 Å². The van der Waals surface area contributed by atoms with Gasteiger partial charge in [-0.3, -0.25) is 19.3 Å². The number of ether oxygens (including phenoxy) is 1. The zero-order valence-electron chi connectivity index (χ0n) is 22.7. The largest absolute Gasteiger partial charge is 0.457 e. The number of likely N-dealkylation sites (tertiary alicyclic amines) is 1.